The molecule has 0 unspecified atom stereocenters. The lowest BCUT2D eigenvalue weighted by atomic mass is 10.3. The number of thioether (sulfide) groups is 1. The predicted octanol–water partition coefficient (Wildman–Crippen LogP) is 3.26. The summed E-state index contributed by atoms with van der Waals surface area (Å²) < 4.78 is 1.30. The number of nitrogen functional groups attached to an aromatic ring is 1. The first-order valence-corrected chi connectivity index (χ1v) is 9.27. The van der Waals surface area contributed by atoms with Gasteiger partial charge in [0.2, 0.25) is 11.1 Å². The van der Waals surface area contributed by atoms with E-state index < -0.39 is 0 Å². The molecular weight excluding hydrogens is 354 g/mol. The predicted molar refractivity (Wildman–Crippen MR) is 101 cm³/mol. The lowest BCUT2D eigenvalue weighted by Gasteiger charge is -2.14. The quantitative estimate of drug-likeness (QED) is 0.511. The van der Waals surface area contributed by atoms with Crippen molar-refractivity contribution >= 4 is 35.1 Å². The topological polar surface area (TPSA) is 85.8 Å². The molecule has 0 saturated heterocycles. The van der Waals surface area contributed by atoms with E-state index in [4.69, 9.17) is 5.84 Å². The van der Waals surface area contributed by atoms with Gasteiger partial charge >= 0.3 is 0 Å². The minimum Gasteiger partial charge on any atom is -0.336 e. The highest BCUT2D eigenvalue weighted by molar-refractivity contribution is 8.00. The monoisotopic (exact) mass is 371 g/mol. The van der Waals surface area contributed by atoms with Crippen LogP contribution in [0.2, 0.25) is 0 Å². The number of aromatic nitrogens is 3. The molecule has 2 aromatic carbocycles. The number of para-hydroxylation sites is 1. The molecule has 0 bridgehead atoms. The lowest BCUT2D eigenvalue weighted by Crippen LogP contribution is -2.23. The van der Waals surface area contributed by atoms with E-state index >= 15 is 0 Å². The number of nitrogens with zero attached hydrogens (tertiary/aromatic N) is 3. The van der Waals surface area contributed by atoms with Gasteiger partial charge in [-0.15, -0.1) is 10.2 Å². The minimum atomic E-state index is -0.360. The molecule has 1 atom stereocenters. The van der Waals surface area contributed by atoms with Crippen LogP contribution in [0.4, 0.5) is 5.69 Å². The summed E-state index contributed by atoms with van der Waals surface area (Å²) in [5.41, 5.74) is 0.781. The van der Waals surface area contributed by atoms with E-state index in [1.165, 1.54) is 22.8 Å². The Morgan fingerprint density at radius 2 is 1.88 bits per heavy atom. The van der Waals surface area contributed by atoms with Crippen molar-refractivity contribution in [3.63, 3.8) is 0 Å². The first-order chi connectivity index (χ1) is 12.1. The van der Waals surface area contributed by atoms with Crippen LogP contribution in [0.15, 0.2) is 75.9 Å². The fourth-order valence-corrected chi connectivity index (χ4v) is 3.70. The first-order valence-electron chi connectivity index (χ1n) is 7.58. The second-order valence-corrected chi connectivity index (χ2v) is 7.60. The Hall–Kier alpha value is -2.45. The third-order valence-electron chi connectivity index (χ3n) is 3.31. The molecule has 8 heteroatoms. The van der Waals surface area contributed by atoms with Crippen molar-refractivity contribution in [1.29, 1.82) is 0 Å². The number of nitrogens with one attached hydrogen (secondary N) is 1. The Labute approximate surface area is 154 Å². The maximum Gasteiger partial charge on any atom is 0.237 e. The molecule has 0 saturated carbocycles. The Morgan fingerprint density at radius 3 is 2.60 bits per heavy atom. The van der Waals surface area contributed by atoms with Crippen LogP contribution in [-0.2, 0) is 4.79 Å². The zero-order valence-corrected chi connectivity index (χ0v) is 15.1. The van der Waals surface area contributed by atoms with Crippen molar-refractivity contribution in [1.82, 2.24) is 14.9 Å². The SMILES string of the molecule is C[C@H](Sc1nncn1N)C(=O)Nc1ccccc1Sc1ccccc1. The van der Waals surface area contributed by atoms with Gasteiger partial charge in [-0.05, 0) is 31.2 Å². The van der Waals surface area contributed by atoms with E-state index in [1.807, 2.05) is 61.5 Å². The van der Waals surface area contributed by atoms with Crippen LogP contribution >= 0.6 is 23.5 Å². The van der Waals surface area contributed by atoms with Crippen LogP contribution in [0.3, 0.4) is 0 Å². The zero-order valence-electron chi connectivity index (χ0n) is 13.5. The summed E-state index contributed by atoms with van der Waals surface area (Å²) in [6.45, 7) is 1.81. The summed E-state index contributed by atoms with van der Waals surface area (Å²) in [5, 5.41) is 10.7. The second kappa shape index (κ2) is 8.09. The lowest BCUT2D eigenvalue weighted by molar-refractivity contribution is -0.115. The van der Waals surface area contributed by atoms with Crippen LogP contribution < -0.4 is 11.2 Å². The molecule has 3 rings (SSSR count). The summed E-state index contributed by atoms with van der Waals surface area (Å²) in [4.78, 5) is 14.6. The maximum absolute atomic E-state index is 12.5. The van der Waals surface area contributed by atoms with Gasteiger partial charge in [0.05, 0.1) is 10.9 Å². The van der Waals surface area contributed by atoms with Gasteiger partial charge in [-0.1, -0.05) is 53.9 Å². The van der Waals surface area contributed by atoms with Crippen molar-refractivity contribution in [2.75, 3.05) is 11.2 Å². The highest BCUT2D eigenvalue weighted by atomic mass is 32.2. The molecule has 0 spiro atoms. The van der Waals surface area contributed by atoms with Crippen molar-refractivity contribution < 1.29 is 4.79 Å². The molecule has 6 nitrogen and oxygen atoms in total. The van der Waals surface area contributed by atoms with Crippen LogP contribution in [0.5, 0.6) is 0 Å². The fourth-order valence-electron chi connectivity index (χ4n) is 2.04. The first kappa shape index (κ1) is 17.4. The maximum atomic E-state index is 12.5. The van der Waals surface area contributed by atoms with Gasteiger partial charge in [-0.2, -0.15) is 0 Å². The van der Waals surface area contributed by atoms with Crippen LogP contribution in [0.25, 0.3) is 0 Å². The van der Waals surface area contributed by atoms with Crippen molar-refractivity contribution in [2.24, 2.45) is 0 Å². The summed E-state index contributed by atoms with van der Waals surface area (Å²) in [6.07, 6.45) is 1.40. The van der Waals surface area contributed by atoms with E-state index in [9.17, 15) is 4.79 Å². The van der Waals surface area contributed by atoms with E-state index in [2.05, 4.69) is 15.5 Å². The van der Waals surface area contributed by atoms with Gasteiger partial charge in [-0.3, -0.25) is 4.79 Å². The molecule has 1 aromatic heterocycles. The third-order valence-corrected chi connectivity index (χ3v) is 5.46. The number of amides is 1. The second-order valence-electron chi connectivity index (χ2n) is 5.18. The van der Waals surface area contributed by atoms with Gasteiger partial charge in [0.1, 0.15) is 6.33 Å². The minimum absolute atomic E-state index is 0.117. The summed E-state index contributed by atoms with van der Waals surface area (Å²) in [5.74, 6) is 5.57. The van der Waals surface area contributed by atoms with E-state index in [1.54, 1.807) is 11.8 Å². The van der Waals surface area contributed by atoms with Crippen LogP contribution in [0.1, 0.15) is 6.92 Å². The molecule has 0 fully saturated rings. The van der Waals surface area contributed by atoms with Gasteiger partial charge in [0, 0.05) is 9.79 Å². The highest BCUT2D eigenvalue weighted by Crippen LogP contribution is 2.33. The standard InChI is InChI=1S/C17H17N5OS2/c1-12(24-17-21-19-11-22(17)18)16(23)20-14-9-5-6-10-15(14)25-13-7-3-2-4-8-13/h2-12H,18H2,1H3,(H,20,23)/t12-/m0/s1. The van der Waals surface area contributed by atoms with E-state index in [-0.39, 0.29) is 11.2 Å². The normalized spacial score (nSPS) is 11.9. The van der Waals surface area contributed by atoms with Crippen molar-refractivity contribution in [2.45, 2.75) is 27.1 Å². The number of rotatable bonds is 6. The van der Waals surface area contributed by atoms with Gasteiger partial charge < -0.3 is 11.2 Å². The largest absolute Gasteiger partial charge is 0.336 e. The van der Waals surface area contributed by atoms with Gasteiger partial charge in [-0.25, -0.2) is 4.68 Å². The Bertz CT molecular complexity index is 853. The number of hydrogen-bond acceptors (Lipinski definition) is 6. The van der Waals surface area contributed by atoms with Crippen LogP contribution in [-0.4, -0.2) is 26.0 Å². The molecule has 1 amide bonds. The number of carbonyl (C=O) groups is 1. The van der Waals surface area contributed by atoms with Crippen LogP contribution in [0, 0.1) is 0 Å². The number of benzene rings is 2. The highest BCUT2D eigenvalue weighted by Gasteiger charge is 2.18. The third kappa shape index (κ3) is 4.55. The molecule has 0 aliphatic rings. The molecule has 25 heavy (non-hydrogen) atoms. The van der Waals surface area contributed by atoms with Gasteiger partial charge in [0.15, 0.2) is 0 Å². The average Bonchev–Trinajstić information content (AvgIpc) is 3.02. The molecule has 0 radical (unpaired) electrons. The fraction of sp³-hybridized carbons (Fsp3) is 0.118. The smallest absolute Gasteiger partial charge is 0.237 e. The molecule has 3 N–H and O–H groups in total. The van der Waals surface area contributed by atoms with E-state index in [0.717, 1.165) is 15.5 Å². The zero-order chi connectivity index (χ0) is 17.6. The summed E-state index contributed by atoms with van der Waals surface area (Å²) >= 11 is 2.87. The van der Waals surface area contributed by atoms with E-state index in [0.29, 0.717) is 5.16 Å². The number of carbonyl (C=O) groups excluding carboxylic acids is 1. The van der Waals surface area contributed by atoms with Gasteiger partial charge in [0.25, 0.3) is 0 Å². The Kier molecular flexibility index (Phi) is 5.62. The summed E-state index contributed by atoms with van der Waals surface area (Å²) in [7, 11) is 0. The molecule has 0 aliphatic heterocycles. The number of anilines is 1. The molecule has 128 valence electrons. The molecule has 3 aromatic rings. The molecule has 0 aliphatic carbocycles. The summed E-state index contributed by atoms with van der Waals surface area (Å²) in [6, 6.07) is 17.8. The number of hydrogen-bond donors (Lipinski definition) is 2. The van der Waals surface area contributed by atoms with Crippen molar-refractivity contribution in [3.05, 3.63) is 60.9 Å². The van der Waals surface area contributed by atoms with Crippen molar-refractivity contribution in [3.8, 4) is 0 Å². The Morgan fingerprint density at radius 1 is 1.16 bits per heavy atom. The number of nitrogens with two attached hydrogens (primary N) is 1. The molecular formula is C17H17N5OS2. The average molecular weight is 371 g/mol. The molecule has 1 heterocycles. The Balaban J connectivity index is 1.70.